The molecule has 0 saturated carbocycles. The minimum atomic E-state index is -0.0484. The highest BCUT2D eigenvalue weighted by Gasteiger charge is 2.36. The summed E-state index contributed by atoms with van der Waals surface area (Å²) >= 11 is 0. The number of carbonyl (C=O) groups excluding carboxylic acids is 1. The van der Waals surface area contributed by atoms with Crippen molar-refractivity contribution < 1.29 is 4.79 Å². The molecule has 2 aliphatic rings. The molecule has 1 aromatic heterocycles. The minimum absolute atomic E-state index is 0.0484. The van der Waals surface area contributed by atoms with Crippen LogP contribution in [0.3, 0.4) is 0 Å². The largest absolute Gasteiger partial charge is 0.356 e. The smallest absolute Gasteiger partial charge is 0.250 e. The van der Waals surface area contributed by atoms with Gasteiger partial charge < -0.3 is 9.88 Å². The van der Waals surface area contributed by atoms with Crippen molar-refractivity contribution in [2.75, 3.05) is 6.54 Å². The molecule has 3 heteroatoms. The lowest BCUT2D eigenvalue weighted by molar-refractivity contribution is -0.129. The Labute approximate surface area is 166 Å². The van der Waals surface area contributed by atoms with E-state index >= 15 is 0 Å². The topological polar surface area (TPSA) is 36.1 Å². The van der Waals surface area contributed by atoms with Crippen molar-refractivity contribution in [3.05, 3.63) is 82.6 Å². The molecule has 1 aliphatic carbocycles. The number of allylic oxidation sites excluding steroid dienone is 1. The maximum Gasteiger partial charge on any atom is 0.250 e. The molecule has 1 N–H and O–H groups in total. The maximum atomic E-state index is 13.5. The van der Waals surface area contributed by atoms with Crippen LogP contribution in [0, 0.1) is 6.92 Å². The van der Waals surface area contributed by atoms with Gasteiger partial charge in [-0.2, -0.15) is 0 Å². The van der Waals surface area contributed by atoms with Gasteiger partial charge in [0, 0.05) is 28.7 Å². The average molecular weight is 370 g/mol. The Balaban J connectivity index is 1.66. The number of hydrogen-bond acceptors (Lipinski definition) is 1. The van der Waals surface area contributed by atoms with Gasteiger partial charge in [-0.05, 0) is 61.8 Å². The Kier molecular flexibility index (Phi) is 4.31. The van der Waals surface area contributed by atoms with Crippen LogP contribution in [-0.4, -0.2) is 22.3 Å². The number of amides is 1. The summed E-state index contributed by atoms with van der Waals surface area (Å²) in [6.45, 7) is 2.92. The molecule has 0 radical (unpaired) electrons. The predicted octanol–water partition coefficient (Wildman–Crippen LogP) is 5.45. The minimum Gasteiger partial charge on any atom is -0.356 e. The molecule has 3 aromatic rings. The molecule has 0 bridgehead atoms. The van der Waals surface area contributed by atoms with E-state index in [-0.39, 0.29) is 11.9 Å². The van der Waals surface area contributed by atoms with Crippen molar-refractivity contribution in [1.29, 1.82) is 0 Å². The molecule has 0 saturated heterocycles. The van der Waals surface area contributed by atoms with Gasteiger partial charge >= 0.3 is 0 Å². The van der Waals surface area contributed by atoms with Crippen molar-refractivity contribution in [2.45, 2.75) is 45.1 Å². The first-order valence-electron chi connectivity index (χ1n) is 10.4. The van der Waals surface area contributed by atoms with E-state index in [1.54, 1.807) is 0 Å². The van der Waals surface area contributed by atoms with E-state index in [4.69, 9.17) is 0 Å². The van der Waals surface area contributed by atoms with Gasteiger partial charge in [0.15, 0.2) is 0 Å². The third-order valence-corrected chi connectivity index (χ3v) is 6.34. The van der Waals surface area contributed by atoms with Crippen LogP contribution in [0.5, 0.6) is 0 Å². The van der Waals surface area contributed by atoms with Crippen LogP contribution in [0.1, 0.15) is 54.1 Å². The molecule has 2 aromatic carbocycles. The summed E-state index contributed by atoms with van der Waals surface area (Å²) in [5.41, 5.74) is 7.17. The number of hydrogen-bond donors (Lipinski definition) is 1. The molecule has 0 unspecified atom stereocenters. The zero-order valence-corrected chi connectivity index (χ0v) is 16.4. The lowest BCUT2D eigenvalue weighted by Crippen LogP contribution is -2.41. The van der Waals surface area contributed by atoms with Gasteiger partial charge in [-0.15, -0.1) is 0 Å². The van der Waals surface area contributed by atoms with Gasteiger partial charge in [-0.1, -0.05) is 48.5 Å². The Hall–Kier alpha value is -2.81. The lowest BCUT2D eigenvalue weighted by atomic mass is 9.88. The molecule has 1 atom stereocenters. The molecule has 3 nitrogen and oxygen atoms in total. The van der Waals surface area contributed by atoms with Crippen LogP contribution in [0.25, 0.3) is 10.9 Å². The summed E-state index contributed by atoms with van der Waals surface area (Å²) < 4.78 is 0. The fourth-order valence-corrected chi connectivity index (χ4v) is 4.89. The number of fused-ring (bicyclic) bond motifs is 3. The quantitative estimate of drug-likeness (QED) is 0.640. The molecule has 1 aliphatic heterocycles. The first-order chi connectivity index (χ1) is 13.7. The Morgan fingerprint density at radius 3 is 2.68 bits per heavy atom. The summed E-state index contributed by atoms with van der Waals surface area (Å²) in [7, 11) is 0. The molecule has 1 amide bonds. The van der Waals surface area contributed by atoms with E-state index in [1.807, 2.05) is 0 Å². The number of H-pyrrole nitrogens is 1. The van der Waals surface area contributed by atoms with Gasteiger partial charge in [0.1, 0.15) is 0 Å². The van der Waals surface area contributed by atoms with Crippen molar-refractivity contribution >= 4 is 16.8 Å². The number of aromatic nitrogens is 1. The normalized spacial score (nSPS) is 19.4. The summed E-state index contributed by atoms with van der Waals surface area (Å²) in [5.74, 6) is 0.220. The standard InChI is InChI=1S/C25H26N2O/c1-17-9-5-6-12-19(17)24-23-21(20-13-7-8-14-22(20)26-23)15-16-27(24)25(28)18-10-3-2-4-11-18/h5-10,12-14,24,26H,2-4,11,15-16H2,1H3/t24-/m1/s1. The highest BCUT2D eigenvalue weighted by Crippen LogP contribution is 2.40. The maximum absolute atomic E-state index is 13.5. The van der Waals surface area contributed by atoms with E-state index in [0.29, 0.717) is 0 Å². The van der Waals surface area contributed by atoms with Gasteiger partial charge in [0.05, 0.1) is 6.04 Å². The first-order valence-corrected chi connectivity index (χ1v) is 10.4. The van der Waals surface area contributed by atoms with Gasteiger partial charge in [-0.3, -0.25) is 4.79 Å². The monoisotopic (exact) mass is 370 g/mol. The first kappa shape index (κ1) is 17.3. The number of para-hydroxylation sites is 1. The number of aromatic amines is 1. The molecule has 142 valence electrons. The van der Waals surface area contributed by atoms with Crippen LogP contribution in [0.2, 0.25) is 0 Å². The van der Waals surface area contributed by atoms with Crippen molar-refractivity contribution in [3.8, 4) is 0 Å². The molecule has 0 fully saturated rings. The highest BCUT2D eigenvalue weighted by molar-refractivity contribution is 5.95. The van der Waals surface area contributed by atoms with E-state index in [9.17, 15) is 4.79 Å². The molecule has 0 spiro atoms. The lowest BCUT2D eigenvalue weighted by Gasteiger charge is -2.38. The van der Waals surface area contributed by atoms with Gasteiger partial charge in [-0.25, -0.2) is 0 Å². The fourth-order valence-electron chi connectivity index (χ4n) is 4.89. The van der Waals surface area contributed by atoms with Crippen LogP contribution in [0.15, 0.2) is 60.2 Å². The number of nitrogens with zero attached hydrogens (tertiary/aromatic N) is 1. The summed E-state index contributed by atoms with van der Waals surface area (Å²) in [4.78, 5) is 19.3. The highest BCUT2D eigenvalue weighted by atomic mass is 16.2. The number of aryl methyl sites for hydroxylation is 1. The second-order valence-corrected chi connectivity index (χ2v) is 8.05. The second kappa shape index (κ2) is 6.97. The molecule has 2 heterocycles. The SMILES string of the molecule is Cc1ccccc1[C@@H]1c2[nH]c3ccccc3c2CCN1C(=O)C1=CCCCC1. The third kappa shape index (κ3) is 2.77. The Morgan fingerprint density at radius 1 is 1.04 bits per heavy atom. The number of nitrogens with one attached hydrogen (secondary N) is 1. The average Bonchev–Trinajstić information content (AvgIpc) is 3.12. The van der Waals surface area contributed by atoms with Crippen molar-refractivity contribution in [1.82, 2.24) is 9.88 Å². The van der Waals surface area contributed by atoms with Gasteiger partial charge in [0.2, 0.25) is 5.91 Å². The van der Waals surface area contributed by atoms with Crippen molar-refractivity contribution in [2.24, 2.45) is 0 Å². The number of rotatable bonds is 2. The van der Waals surface area contributed by atoms with E-state index < -0.39 is 0 Å². The van der Waals surface area contributed by atoms with Crippen LogP contribution in [-0.2, 0) is 11.2 Å². The van der Waals surface area contributed by atoms with Gasteiger partial charge in [0.25, 0.3) is 0 Å². The molecular weight excluding hydrogens is 344 g/mol. The van der Waals surface area contributed by atoms with Crippen LogP contribution >= 0.6 is 0 Å². The molecule has 5 rings (SSSR count). The summed E-state index contributed by atoms with van der Waals surface area (Å²) in [6, 6.07) is 16.9. The Bertz CT molecular complexity index is 1080. The fraction of sp³-hybridized carbons (Fsp3) is 0.320. The van der Waals surface area contributed by atoms with E-state index in [0.717, 1.165) is 43.3 Å². The number of benzene rings is 2. The summed E-state index contributed by atoms with van der Waals surface area (Å²) in [5, 5.41) is 1.29. The predicted molar refractivity (Wildman–Crippen MR) is 113 cm³/mol. The number of carbonyl (C=O) groups is 1. The molecule has 28 heavy (non-hydrogen) atoms. The van der Waals surface area contributed by atoms with Crippen molar-refractivity contribution in [3.63, 3.8) is 0 Å². The van der Waals surface area contributed by atoms with Crippen LogP contribution in [0.4, 0.5) is 0 Å². The zero-order chi connectivity index (χ0) is 19.1. The zero-order valence-electron chi connectivity index (χ0n) is 16.4. The van der Waals surface area contributed by atoms with Crippen LogP contribution < -0.4 is 0 Å². The third-order valence-electron chi connectivity index (χ3n) is 6.34. The second-order valence-electron chi connectivity index (χ2n) is 8.05. The van der Waals surface area contributed by atoms with E-state index in [2.05, 4.69) is 71.4 Å². The Morgan fingerprint density at radius 2 is 1.86 bits per heavy atom. The van der Waals surface area contributed by atoms with E-state index in [1.165, 1.54) is 34.2 Å². The summed E-state index contributed by atoms with van der Waals surface area (Å²) in [6.07, 6.45) is 7.33. The molecular formula is C25H26N2O.